The minimum atomic E-state index is -3.77. The van der Waals surface area contributed by atoms with Gasteiger partial charge in [-0.1, -0.05) is 49.2 Å². The largest absolute Gasteiger partial charge is 0.467 e. The van der Waals surface area contributed by atoms with E-state index in [0.29, 0.717) is 24.3 Å². The number of rotatable bonds is 22. The van der Waals surface area contributed by atoms with Crippen LogP contribution in [0, 0.1) is 0 Å². The summed E-state index contributed by atoms with van der Waals surface area (Å²) in [5.74, 6) is 0.248. The summed E-state index contributed by atoms with van der Waals surface area (Å²) < 4.78 is 62.3. The first-order valence-corrected chi connectivity index (χ1v) is 20.4. The number of aliphatic hydroxyl groups is 1. The topological polar surface area (TPSA) is 138 Å². The Balaban J connectivity index is 1.91. The van der Waals surface area contributed by atoms with E-state index in [-0.39, 0.29) is 25.7 Å². The molecule has 0 saturated heterocycles. The van der Waals surface area contributed by atoms with Gasteiger partial charge in [0.05, 0.1) is 25.5 Å². The molecule has 1 unspecified atom stereocenters. The molecular weight excluding hydrogens is 645 g/mol. The number of aryl methyl sites for hydroxylation is 1. The molecule has 0 fully saturated rings. The zero-order chi connectivity index (χ0) is 34.9. The lowest BCUT2D eigenvalue weighted by Crippen LogP contribution is -2.39. The molecule has 0 aliphatic heterocycles. The molecule has 1 atom stereocenters. The molecule has 47 heavy (non-hydrogen) atoms. The maximum atomic E-state index is 13.1. The number of carbonyl (C=O) groups is 1. The molecule has 1 N–H and O–H groups in total. The molecule has 266 valence electrons. The molecule has 0 aromatic heterocycles. The number of benzene rings is 2. The molecule has 0 aliphatic rings. The van der Waals surface area contributed by atoms with Gasteiger partial charge in [-0.25, -0.2) is 4.79 Å². The number of unbranched alkanes of at least 4 members (excludes halogenated alkanes) is 4. The molecule has 0 saturated carbocycles. The monoisotopic (exact) mass is 699 g/mol. The van der Waals surface area contributed by atoms with Crippen molar-refractivity contribution in [3.05, 3.63) is 65.2 Å². The van der Waals surface area contributed by atoms with Gasteiger partial charge in [0.1, 0.15) is 11.4 Å². The van der Waals surface area contributed by atoms with E-state index in [0.717, 1.165) is 57.8 Å². The Morgan fingerprint density at radius 2 is 1.62 bits per heavy atom. The lowest BCUT2D eigenvalue weighted by atomic mass is 10.0. The van der Waals surface area contributed by atoms with Gasteiger partial charge in [-0.05, 0) is 76.1 Å². The number of amides is 1. The van der Waals surface area contributed by atoms with Crippen LogP contribution >= 0.6 is 7.37 Å². The van der Waals surface area contributed by atoms with E-state index in [1.54, 1.807) is 39.0 Å². The van der Waals surface area contributed by atoms with Crippen LogP contribution in [-0.2, 0) is 45.9 Å². The summed E-state index contributed by atoms with van der Waals surface area (Å²) >= 11 is 0. The van der Waals surface area contributed by atoms with Crippen LogP contribution in [0.3, 0.4) is 0 Å². The normalized spacial score (nSPS) is 12.9. The second-order valence-electron chi connectivity index (χ2n) is 12.9. The van der Waals surface area contributed by atoms with Crippen LogP contribution in [0.25, 0.3) is 0 Å². The van der Waals surface area contributed by atoms with Gasteiger partial charge in [0, 0.05) is 38.7 Å². The van der Waals surface area contributed by atoms with Crippen molar-refractivity contribution in [1.29, 1.82) is 0 Å². The van der Waals surface area contributed by atoms with E-state index in [2.05, 4.69) is 24.3 Å². The van der Waals surface area contributed by atoms with Crippen molar-refractivity contribution in [1.82, 2.24) is 4.90 Å². The number of carbonyl (C=O) groups excluding carboxylic acids is 1. The van der Waals surface area contributed by atoms with Gasteiger partial charge >= 0.3 is 6.09 Å². The maximum absolute atomic E-state index is 13.1. The van der Waals surface area contributed by atoms with Crippen molar-refractivity contribution in [2.24, 2.45) is 0 Å². The Bertz CT molecular complexity index is 1360. The summed E-state index contributed by atoms with van der Waals surface area (Å²) in [6.45, 7) is 9.40. The molecule has 0 radical (unpaired) electrons. The Labute approximate surface area is 281 Å². The molecule has 2 aromatic rings. The summed E-state index contributed by atoms with van der Waals surface area (Å²) in [5.41, 5.74) is 1.40. The number of aliphatic hydroxyl groups excluding tert-OH is 1. The molecule has 0 heterocycles. The zero-order valence-electron chi connectivity index (χ0n) is 28.8. The van der Waals surface area contributed by atoms with E-state index in [9.17, 15) is 22.9 Å². The van der Waals surface area contributed by atoms with E-state index in [1.807, 2.05) is 6.07 Å². The predicted molar refractivity (Wildman–Crippen MR) is 184 cm³/mol. The number of nitrogens with zero attached hydrogens (tertiary/aromatic N) is 1. The highest BCUT2D eigenvalue weighted by molar-refractivity contribution is 7.85. The van der Waals surface area contributed by atoms with Gasteiger partial charge < -0.3 is 24.2 Å². The van der Waals surface area contributed by atoms with Crippen molar-refractivity contribution in [3.8, 4) is 5.75 Å². The molecule has 11 nitrogen and oxygen atoms in total. The van der Waals surface area contributed by atoms with Crippen molar-refractivity contribution in [2.75, 3.05) is 52.7 Å². The molecule has 2 rings (SSSR count). The Morgan fingerprint density at radius 3 is 2.26 bits per heavy atom. The van der Waals surface area contributed by atoms with E-state index in [4.69, 9.17) is 22.9 Å². The van der Waals surface area contributed by atoms with Crippen LogP contribution in [0.5, 0.6) is 5.75 Å². The van der Waals surface area contributed by atoms with E-state index in [1.165, 1.54) is 23.8 Å². The fourth-order valence-electron chi connectivity index (χ4n) is 4.49. The second-order valence-corrected chi connectivity index (χ2v) is 17.3. The first kappa shape index (κ1) is 40.7. The quantitative estimate of drug-likeness (QED) is 0.0596. The highest BCUT2D eigenvalue weighted by Crippen LogP contribution is 2.37. The Morgan fingerprint density at radius 1 is 0.957 bits per heavy atom. The molecule has 0 aliphatic carbocycles. The molecule has 2 aromatic carbocycles. The van der Waals surface area contributed by atoms with Crippen molar-refractivity contribution < 1.29 is 45.8 Å². The predicted octanol–water partition coefficient (Wildman–Crippen LogP) is 6.92. The number of hydrogen-bond acceptors (Lipinski definition) is 10. The summed E-state index contributed by atoms with van der Waals surface area (Å²) in [5, 5.41) is 11.2. The van der Waals surface area contributed by atoms with Crippen LogP contribution in [0.1, 0.15) is 82.1 Å². The van der Waals surface area contributed by atoms with Gasteiger partial charge in [-0.2, -0.15) is 8.42 Å². The average Bonchev–Trinajstić information content (AvgIpc) is 2.97. The highest BCUT2D eigenvalue weighted by Gasteiger charge is 2.25. The third-order valence-corrected chi connectivity index (χ3v) is 8.11. The SMILES string of the molecule is CC(C)(C)OC(=O)N(CCCCCCOCCCCc1ccccc1)CC(O)c1ccc(OCOP(C)(C)=O)c(COS(C)(=O)=O)c1. The minimum absolute atomic E-state index is 0.0362. The number of ether oxygens (including phenoxy) is 3. The summed E-state index contributed by atoms with van der Waals surface area (Å²) in [6.07, 6.45) is 5.97. The lowest BCUT2D eigenvalue weighted by molar-refractivity contribution is 0.0139. The smallest absolute Gasteiger partial charge is 0.410 e. The molecule has 0 bridgehead atoms. The van der Waals surface area contributed by atoms with Gasteiger partial charge in [0.2, 0.25) is 0 Å². The lowest BCUT2D eigenvalue weighted by Gasteiger charge is -2.29. The maximum Gasteiger partial charge on any atom is 0.410 e. The Kier molecular flexibility index (Phi) is 17.4. The van der Waals surface area contributed by atoms with Gasteiger partial charge in [0.15, 0.2) is 14.2 Å². The zero-order valence-corrected chi connectivity index (χ0v) is 30.5. The van der Waals surface area contributed by atoms with Gasteiger partial charge in [-0.3, -0.25) is 13.3 Å². The number of hydrogen-bond donors (Lipinski definition) is 1. The highest BCUT2D eigenvalue weighted by atomic mass is 32.2. The van der Waals surface area contributed by atoms with Crippen LogP contribution in [0.2, 0.25) is 0 Å². The summed E-state index contributed by atoms with van der Waals surface area (Å²) in [4.78, 5) is 14.6. The fourth-order valence-corrected chi connectivity index (χ4v) is 5.13. The van der Waals surface area contributed by atoms with E-state index >= 15 is 0 Å². The van der Waals surface area contributed by atoms with Crippen molar-refractivity contribution in [2.45, 2.75) is 84.0 Å². The van der Waals surface area contributed by atoms with Crippen LogP contribution in [0.4, 0.5) is 4.79 Å². The first-order chi connectivity index (χ1) is 22.0. The van der Waals surface area contributed by atoms with Crippen LogP contribution in [-0.4, -0.2) is 82.8 Å². The van der Waals surface area contributed by atoms with E-state index < -0.39 is 35.3 Å². The minimum Gasteiger partial charge on any atom is -0.467 e. The second kappa shape index (κ2) is 20.1. The van der Waals surface area contributed by atoms with Crippen molar-refractivity contribution in [3.63, 3.8) is 0 Å². The van der Waals surface area contributed by atoms with Crippen molar-refractivity contribution >= 4 is 23.6 Å². The standard InChI is InChI=1S/C34H54NO10PS/c1-34(2,3)45-33(37)35(21-13-7-8-14-22-41-23-15-12-18-28-16-10-9-11-17-28)25-31(36)29-19-20-32(42-27-43-46(4,5)38)30(24-29)26-44-47(6,39)40/h9-11,16-17,19-20,24,31,36H,7-8,12-15,18,21-23,25-27H2,1-6H3. The van der Waals surface area contributed by atoms with Gasteiger partial charge in [-0.15, -0.1) is 0 Å². The third kappa shape index (κ3) is 19.2. The average molecular weight is 700 g/mol. The first-order valence-electron chi connectivity index (χ1n) is 16.1. The summed E-state index contributed by atoms with van der Waals surface area (Å²) in [7, 11) is -6.57. The van der Waals surface area contributed by atoms with Crippen LogP contribution in [0.15, 0.2) is 48.5 Å². The van der Waals surface area contributed by atoms with Gasteiger partial charge in [0.25, 0.3) is 10.1 Å². The molecule has 13 heteroatoms. The Hall–Kier alpha value is -2.47. The fraction of sp³-hybridized carbons (Fsp3) is 0.618. The third-order valence-electron chi connectivity index (χ3n) is 6.83. The molecular formula is C34H54NO10PS. The van der Waals surface area contributed by atoms with Crippen LogP contribution < -0.4 is 4.74 Å². The molecule has 0 spiro atoms. The molecule has 1 amide bonds. The summed E-state index contributed by atoms with van der Waals surface area (Å²) in [6, 6.07) is 15.1.